The van der Waals surface area contributed by atoms with Gasteiger partial charge in [-0.25, -0.2) is 18.2 Å². The van der Waals surface area contributed by atoms with Gasteiger partial charge in [-0.1, -0.05) is 12.1 Å². The Labute approximate surface area is 168 Å². The van der Waals surface area contributed by atoms with Crippen molar-refractivity contribution in [3.8, 4) is 0 Å². The number of benzene rings is 2. The molecule has 3 rings (SSSR count). The van der Waals surface area contributed by atoms with Crippen molar-refractivity contribution in [3.05, 3.63) is 77.1 Å². The Balaban J connectivity index is 1.75. The molecular formula is C20H14F3N3O2S. The summed E-state index contributed by atoms with van der Waals surface area (Å²) in [6.45, 7) is 1.29. The van der Waals surface area contributed by atoms with Crippen LogP contribution in [0.15, 0.2) is 53.9 Å². The van der Waals surface area contributed by atoms with Crippen LogP contribution in [0.2, 0.25) is 0 Å². The summed E-state index contributed by atoms with van der Waals surface area (Å²) in [6.07, 6.45) is 2.49. The Kier molecular flexibility index (Phi) is 6.08. The number of aromatic nitrogens is 1. The average Bonchev–Trinajstić information content (AvgIpc) is 3.09. The molecule has 148 valence electrons. The van der Waals surface area contributed by atoms with Crippen molar-refractivity contribution in [1.82, 2.24) is 4.98 Å². The van der Waals surface area contributed by atoms with Crippen LogP contribution in [0.5, 0.6) is 0 Å². The predicted molar refractivity (Wildman–Crippen MR) is 105 cm³/mol. The SMILES string of the molecule is CC(=O)N(c1nc(/C=C/C(=O)Nc2cc(F)cc(F)c2)cs1)c1ccccc1F. The van der Waals surface area contributed by atoms with Crippen LogP contribution in [0.1, 0.15) is 12.6 Å². The van der Waals surface area contributed by atoms with Gasteiger partial charge in [-0.3, -0.25) is 14.5 Å². The minimum absolute atomic E-state index is 0.0292. The summed E-state index contributed by atoms with van der Waals surface area (Å²) in [5, 5.41) is 4.14. The molecule has 0 aliphatic carbocycles. The molecule has 1 heterocycles. The molecule has 0 unspecified atom stereocenters. The third-order valence-electron chi connectivity index (χ3n) is 3.64. The Morgan fingerprint density at radius 3 is 2.45 bits per heavy atom. The normalized spacial score (nSPS) is 10.9. The molecule has 0 fully saturated rings. The van der Waals surface area contributed by atoms with Gasteiger partial charge in [-0.05, 0) is 30.3 Å². The lowest BCUT2D eigenvalue weighted by Crippen LogP contribution is -2.23. The van der Waals surface area contributed by atoms with Crippen molar-refractivity contribution in [1.29, 1.82) is 0 Å². The number of halogens is 3. The highest BCUT2D eigenvalue weighted by atomic mass is 32.1. The number of nitrogens with zero attached hydrogens (tertiary/aromatic N) is 2. The van der Waals surface area contributed by atoms with E-state index in [1.807, 2.05) is 0 Å². The van der Waals surface area contributed by atoms with Gasteiger partial charge >= 0.3 is 0 Å². The van der Waals surface area contributed by atoms with Gasteiger partial charge < -0.3 is 5.32 Å². The van der Waals surface area contributed by atoms with E-state index in [1.165, 1.54) is 31.2 Å². The second-order valence-corrected chi connectivity index (χ2v) is 6.68. The van der Waals surface area contributed by atoms with Crippen molar-refractivity contribution in [2.45, 2.75) is 6.92 Å². The van der Waals surface area contributed by atoms with E-state index in [0.717, 1.165) is 34.4 Å². The molecule has 0 aliphatic rings. The predicted octanol–water partition coefficient (Wildman–Crippen LogP) is 4.90. The van der Waals surface area contributed by atoms with Gasteiger partial charge in [0.1, 0.15) is 17.5 Å². The first-order valence-corrected chi connectivity index (χ1v) is 9.17. The molecule has 1 aromatic heterocycles. The summed E-state index contributed by atoms with van der Waals surface area (Å²) in [5.74, 6) is -3.25. The van der Waals surface area contributed by atoms with E-state index in [4.69, 9.17) is 0 Å². The Bertz CT molecular complexity index is 1080. The van der Waals surface area contributed by atoms with Gasteiger partial charge in [0, 0.05) is 30.1 Å². The van der Waals surface area contributed by atoms with Crippen LogP contribution in [0.25, 0.3) is 6.08 Å². The molecule has 0 saturated heterocycles. The van der Waals surface area contributed by atoms with Crippen molar-refractivity contribution < 1.29 is 22.8 Å². The molecule has 9 heteroatoms. The summed E-state index contributed by atoms with van der Waals surface area (Å²) in [5.41, 5.74) is 0.391. The molecule has 29 heavy (non-hydrogen) atoms. The fourth-order valence-corrected chi connectivity index (χ4v) is 3.31. The topological polar surface area (TPSA) is 62.3 Å². The van der Waals surface area contributed by atoms with Crippen LogP contribution in [0.3, 0.4) is 0 Å². The smallest absolute Gasteiger partial charge is 0.248 e. The van der Waals surface area contributed by atoms with Gasteiger partial charge in [0.15, 0.2) is 5.13 Å². The van der Waals surface area contributed by atoms with Crippen LogP contribution < -0.4 is 10.2 Å². The molecule has 0 radical (unpaired) electrons. The molecule has 0 aliphatic heterocycles. The number of carbonyl (C=O) groups excluding carboxylic acids is 2. The first-order chi connectivity index (χ1) is 13.8. The summed E-state index contributed by atoms with van der Waals surface area (Å²) in [6, 6.07) is 8.46. The Morgan fingerprint density at radius 1 is 1.10 bits per heavy atom. The monoisotopic (exact) mass is 417 g/mol. The first kappa shape index (κ1) is 20.3. The summed E-state index contributed by atoms with van der Waals surface area (Å²) >= 11 is 1.09. The van der Waals surface area contributed by atoms with Gasteiger partial charge in [-0.2, -0.15) is 0 Å². The highest BCUT2D eigenvalue weighted by Crippen LogP contribution is 2.31. The minimum atomic E-state index is -0.814. The van der Waals surface area contributed by atoms with E-state index in [-0.39, 0.29) is 16.5 Å². The molecule has 0 saturated carbocycles. The van der Waals surface area contributed by atoms with E-state index >= 15 is 0 Å². The maximum Gasteiger partial charge on any atom is 0.248 e. The number of hydrogen-bond acceptors (Lipinski definition) is 4. The molecule has 0 bridgehead atoms. The summed E-state index contributed by atoms with van der Waals surface area (Å²) < 4.78 is 40.4. The van der Waals surface area contributed by atoms with Gasteiger partial charge in [-0.15, -0.1) is 11.3 Å². The second-order valence-electron chi connectivity index (χ2n) is 5.84. The zero-order chi connectivity index (χ0) is 21.0. The number of amides is 2. The van der Waals surface area contributed by atoms with Crippen LogP contribution in [0, 0.1) is 17.5 Å². The van der Waals surface area contributed by atoms with Crippen LogP contribution in [-0.4, -0.2) is 16.8 Å². The van der Waals surface area contributed by atoms with Gasteiger partial charge in [0.2, 0.25) is 11.8 Å². The molecule has 0 atom stereocenters. The quantitative estimate of drug-likeness (QED) is 0.601. The zero-order valence-corrected chi connectivity index (χ0v) is 15.8. The lowest BCUT2D eigenvalue weighted by molar-refractivity contribution is -0.116. The largest absolute Gasteiger partial charge is 0.322 e. The van der Waals surface area contributed by atoms with Gasteiger partial charge in [0.25, 0.3) is 0 Å². The van der Waals surface area contributed by atoms with E-state index in [2.05, 4.69) is 10.3 Å². The molecule has 2 aromatic carbocycles. The Morgan fingerprint density at radius 2 is 1.79 bits per heavy atom. The minimum Gasteiger partial charge on any atom is -0.322 e. The fraction of sp³-hybridized carbons (Fsp3) is 0.0500. The number of thiazole rings is 1. The average molecular weight is 417 g/mol. The highest BCUT2D eigenvalue weighted by molar-refractivity contribution is 7.14. The maximum absolute atomic E-state index is 14.1. The summed E-state index contributed by atoms with van der Waals surface area (Å²) in [7, 11) is 0. The van der Waals surface area contributed by atoms with E-state index in [1.54, 1.807) is 11.4 Å². The number of rotatable bonds is 5. The number of hydrogen-bond donors (Lipinski definition) is 1. The molecule has 5 nitrogen and oxygen atoms in total. The summed E-state index contributed by atoms with van der Waals surface area (Å²) in [4.78, 5) is 29.3. The third-order valence-corrected chi connectivity index (χ3v) is 4.49. The molecule has 3 aromatic rings. The van der Waals surface area contributed by atoms with Crippen LogP contribution in [0.4, 0.5) is 29.7 Å². The maximum atomic E-state index is 14.1. The second kappa shape index (κ2) is 8.70. The Hall–Kier alpha value is -3.46. The third kappa shape index (κ3) is 5.08. The fourth-order valence-electron chi connectivity index (χ4n) is 2.47. The molecule has 1 N–H and O–H groups in total. The first-order valence-electron chi connectivity index (χ1n) is 8.29. The highest BCUT2D eigenvalue weighted by Gasteiger charge is 2.20. The van der Waals surface area contributed by atoms with Crippen LogP contribution in [-0.2, 0) is 9.59 Å². The lowest BCUT2D eigenvalue weighted by Gasteiger charge is -2.18. The van der Waals surface area contributed by atoms with Crippen molar-refractivity contribution in [3.63, 3.8) is 0 Å². The number of nitrogens with one attached hydrogen (secondary N) is 1. The van der Waals surface area contributed by atoms with Crippen molar-refractivity contribution >= 4 is 45.7 Å². The standard InChI is InChI=1S/C20H14F3N3O2S/c1-12(27)26(18-5-3-2-4-17(18)23)20-25-15(11-29-20)6-7-19(28)24-16-9-13(21)8-14(22)10-16/h2-11H,1H3,(H,24,28)/b7-6+. The van der Waals surface area contributed by atoms with Crippen LogP contribution >= 0.6 is 11.3 Å². The number of para-hydroxylation sites is 1. The zero-order valence-electron chi connectivity index (χ0n) is 15.0. The van der Waals surface area contributed by atoms with Crippen molar-refractivity contribution in [2.75, 3.05) is 10.2 Å². The molecule has 0 spiro atoms. The molecular weight excluding hydrogens is 403 g/mol. The van der Waals surface area contributed by atoms with E-state index in [0.29, 0.717) is 11.8 Å². The van der Waals surface area contributed by atoms with E-state index in [9.17, 15) is 22.8 Å². The van der Waals surface area contributed by atoms with E-state index < -0.39 is 29.3 Å². The number of carbonyl (C=O) groups is 2. The lowest BCUT2D eigenvalue weighted by atomic mass is 10.3. The number of anilines is 3. The van der Waals surface area contributed by atoms with Crippen molar-refractivity contribution in [2.24, 2.45) is 0 Å². The molecule has 2 amide bonds. The van der Waals surface area contributed by atoms with Gasteiger partial charge in [0.05, 0.1) is 11.4 Å².